The molecule has 32 heavy (non-hydrogen) atoms. The highest BCUT2D eigenvalue weighted by atomic mass is 14.1. The summed E-state index contributed by atoms with van der Waals surface area (Å²) in [5.74, 6) is 0.909. The summed E-state index contributed by atoms with van der Waals surface area (Å²) in [6.45, 7) is 8.84. The van der Waals surface area contributed by atoms with Gasteiger partial charge >= 0.3 is 0 Å². The molecule has 1 radical (unpaired) electrons. The maximum Gasteiger partial charge on any atom is -0.0414 e. The summed E-state index contributed by atoms with van der Waals surface area (Å²) in [6.07, 6.45) is 40.6. The molecule has 0 spiro atoms. The smallest absolute Gasteiger partial charge is 0.0414 e. The fraction of sp³-hybridized carbons (Fsp3) is 0.969. The van der Waals surface area contributed by atoms with Crippen molar-refractivity contribution >= 4 is 0 Å². The standard InChI is InChI=1S/C32H65/c1-4-7-9-11-13-15-16-17-18-19-20-21-22-23-25-27-29-31-32(6-3)30-28-26-24-14-12-10-8-5-2/h32H,3-31H2,1-2H3. The van der Waals surface area contributed by atoms with Gasteiger partial charge in [-0.05, 0) is 5.92 Å². The molecule has 0 aliphatic rings. The molecule has 0 aliphatic heterocycles. The van der Waals surface area contributed by atoms with Gasteiger partial charge in [0.1, 0.15) is 0 Å². The van der Waals surface area contributed by atoms with Crippen molar-refractivity contribution in [2.24, 2.45) is 5.92 Å². The van der Waals surface area contributed by atoms with Crippen LogP contribution in [0.5, 0.6) is 0 Å². The van der Waals surface area contributed by atoms with Crippen LogP contribution in [0.25, 0.3) is 0 Å². The van der Waals surface area contributed by atoms with Crippen LogP contribution in [0.4, 0.5) is 0 Å². The minimum atomic E-state index is 0.909. The van der Waals surface area contributed by atoms with Gasteiger partial charge in [-0.2, -0.15) is 0 Å². The van der Waals surface area contributed by atoms with Crippen LogP contribution in [0.3, 0.4) is 0 Å². The molecular formula is C32H65. The zero-order valence-corrected chi connectivity index (χ0v) is 23.1. The molecule has 0 saturated heterocycles. The van der Waals surface area contributed by atoms with E-state index in [2.05, 4.69) is 20.8 Å². The first kappa shape index (κ1) is 32.0. The Bertz CT molecular complexity index is 307. The Morgan fingerprint density at radius 3 is 0.781 bits per heavy atom. The van der Waals surface area contributed by atoms with Gasteiger partial charge < -0.3 is 0 Å². The van der Waals surface area contributed by atoms with Crippen molar-refractivity contribution in [2.75, 3.05) is 0 Å². The lowest BCUT2D eigenvalue weighted by Crippen LogP contribution is -1.99. The van der Waals surface area contributed by atoms with Crippen LogP contribution in [-0.2, 0) is 0 Å². The highest BCUT2D eigenvalue weighted by Crippen LogP contribution is 2.22. The Morgan fingerprint density at radius 2 is 0.562 bits per heavy atom. The van der Waals surface area contributed by atoms with Crippen LogP contribution in [0, 0.1) is 12.8 Å². The summed E-state index contributed by atoms with van der Waals surface area (Å²) in [7, 11) is 0. The van der Waals surface area contributed by atoms with E-state index >= 15 is 0 Å². The SMILES string of the molecule is [CH2]CC(CCCCCCCCCC)CCCCCCCCCCCCCCCCCCC. The molecule has 0 aromatic heterocycles. The molecule has 0 saturated carbocycles. The van der Waals surface area contributed by atoms with Gasteiger partial charge in [-0.1, -0.05) is 201 Å². The maximum atomic E-state index is 4.23. The first-order valence-electron chi connectivity index (χ1n) is 15.6. The van der Waals surface area contributed by atoms with Crippen LogP contribution >= 0.6 is 0 Å². The Kier molecular flexibility index (Phi) is 29.0. The molecule has 0 fully saturated rings. The molecule has 0 aromatic rings. The van der Waals surface area contributed by atoms with Crippen LogP contribution in [0.1, 0.15) is 194 Å². The highest BCUT2D eigenvalue weighted by molar-refractivity contribution is 4.62. The summed E-state index contributed by atoms with van der Waals surface area (Å²) in [4.78, 5) is 0. The molecule has 1 atom stereocenters. The van der Waals surface area contributed by atoms with Gasteiger partial charge in [0.25, 0.3) is 0 Å². The largest absolute Gasteiger partial charge is 0.0654 e. The number of rotatable bonds is 28. The summed E-state index contributed by atoms with van der Waals surface area (Å²) < 4.78 is 0. The van der Waals surface area contributed by atoms with Gasteiger partial charge in [0.2, 0.25) is 0 Å². The van der Waals surface area contributed by atoms with Gasteiger partial charge in [0.15, 0.2) is 0 Å². The van der Waals surface area contributed by atoms with Crippen molar-refractivity contribution in [3.63, 3.8) is 0 Å². The lowest BCUT2D eigenvalue weighted by molar-refractivity contribution is 0.404. The fourth-order valence-electron chi connectivity index (χ4n) is 5.16. The van der Waals surface area contributed by atoms with Gasteiger partial charge in [-0.15, -0.1) is 0 Å². The lowest BCUT2D eigenvalue weighted by Gasteiger charge is -2.14. The monoisotopic (exact) mass is 450 g/mol. The van der Waals surface area contributed by atoms with Gasteiger partial charge in [-0.25, -0.2) is 0 Å². The predicted octanol–water partition coefficient (Wildman–Crippen LogP) is 12.4. The minimum absolute atomic E-state index is 0.909. The second-order valence-electron chi connectivity index (χ2n) is 10.9. The predicted molar refractivity (Wildman–Crippen MR) is 149 cm³/mol. The van der Waals surface area contributed by atoms with Crippen LogP contribution in [0.15, 0.2) is 0 Å². The van der Waals surface area contributed by atoms with E-state index in [1.165, 1.54) is 173 Å². The molecule has 193 valence electrons. The van der Waals surface area contributed by atoms with Crippen molar-refractivity contribution in [3.8, 4) is 0 Å². The first-order chi connectivity index (χ1) is 15.8. The summed E-state index contributed by atoms with van der Waals surface area (Å²) in [5.41, 5.74) is 0. The van der Waals surface area contributed by atoms with Crippen molar-refractivity contribution in [2.45, 2.75) is 194 Å². The molecule has 0 rings (SSSR count). The summed E-state index contributed by atoms with van der Waals surface area (Å²) >= 11 is 0. The normalized spacial score (nSPS) is 12.5. The lowest BCUT2D eigenvalue weighted by atomic mass is 9.92. The number of hydrogen-bond donors (Lipinski definition) is 0. The highest BCUT2D eigenvalue weighted by Gasteiger charge is 2.06. The molecule has 0 heteroatoms. The van der Waals surface area contributed by atoms with E-state index in [0.29, 0.717) is 0 Å². The molecule has 0 bridgehead atoms. The van der Waals surface area contributed by atoms with Crippen molar-refractivity contribution in [1.82, 2.24) is 0 Å². The number of hydrogen-bond acceptors (Lipinski definition) is 0. The number of unbranched alkanes of at least 4 members (excludes halogenated alkanes) is 23. The fourth-order valence-corrected chi connectivity index (χ4v) is 5.16. The van der Waals surface area contributed by atoms with Gasteiger partial charge in [0.05, 0.1) is 0 Å². The Labute approximate surface area is 206 Å². The molecule has 0 amide bonds. The molecule has 0 aliphatic carbocycles. The van der Waals surface area contributed by atoms with E-state index in [9.17, 15) is 0 Å². The van der Waals surface area contributed by atoms with E-state index in [0.717, 1.165) is 12.3 Å². The third kappa shape index (κ3) is 26.3. The second kappa shape index (κ2) is 29.0. The Morgan fingerprint density at radius 1 is 0.344 bits per heavy atom. The summed E-state index contributed by atoms with van der Waals surface area (Å²) in [6, 6.07) is 0. The van der Waals surface area contributed by atoms with Crippen molar-refractivity contribution < 1.29 is 0 Å². The average Bonchev–Trinajstić information content (AvgIpc) is 2.81. The zero-order valence-electron chi connectivity index (χ0n) is 23.1. The molecule has 0 aromatic carbocycles. The molecule has 0 N–H and O–H groups in total. The van der Waals surface area contributed by atoms with E-state index < -0.39 is 0 Å². The van der Waals surface area contributed by atoms with E-state index in [1.54, 1.807) is 0 Å². The third-order valence-corrected chi connectivity index (χ3v) is 7.59. The topological polar surface area (TPSA) is 0 Å². The Balaban J connectivity index is 3.22. The van der Waals surface area contributed by atoms with Crippen molar-refractivity contribution in [3.05, 3.63) is 6.92 Å². The third-order valence-electron chi connectivity index (χ3n) is 7.59. The molecule has 0 heterocycles. The quantitative estimate of drug-likeness (QED) is 0.104. The average molecular weight is 450 g/mol. The van der Waals surface area contributed by atoms with Crippen LogP contribution in [0.2, 0.25) is 0 Å². The van der Waals surface area contributed by atoms with E-state index in [1.807, 2.05) is 0 Å². The van der Waals surface area contributed by atoms with Gasteiger partial charge in [0, 0.05) is 0 Å². The van der Waals surface area contributed by atoms with E-state index in [4.69, 9.17) is 0 Å². The summed E-state index contributed by atoms with van der Waals surface area (Å²) in [5, 5.41) is 0. The van der Waals surface area contributed by atoms with Gasteiger partial charge in [-0.3, -0.25) is 0 Å². The van der Waals surface area contributed by atoms with Crippen LogP contribution in [-0.4, -0.2) is 0 Å². The first-order valence-corrected chi connectivity index (χ1v) is 15.6. The molecule has 0 nitrogen and oxygen atoms in total. The maximum absolute atomic E-state index is 4.23. The van der Waals surface area contributed by atoms with Crippen LogP contribution < -0.4 is 0 Å². The second-order valence-corrected chi connectivity index (χ2v) is 10.9. The minimum Gasteiger partial charge on any atom is -0.0654 e. The Hall–Kier alpha value is 0. The molecular weight excluding hydrogens is 384 g/mol. The zero-order chi connectivity index (χ0) is 23.4. The van der Waals surface area contributed by atoms with E-state index in [-0.39, 0.29) is 0 Å². The molecule has 1 unspecified atom stereocenters. The van der Waals surface area contributed by atoms with Crippen molar-refractivity contribution in [1.29, 1.82) is 0 Å².